The predicted octanol–water partition coefficient (Wildman–Crippen LogP) is 1.49. The fourth-order valence-corrected chi connectivity index (χ4v) is 1.33. The first-order valence-electron chi connectivity index (χ1n) is 4.80. The van der Waals surface area contributed by atoms with Crippen molar-refractivity contribution in [3.63, 3.8) is 0 Å². The van der Waals surface area contributed by atoms with Crippen molar-refractivity contribution in [2.75, 3.05) is 25.6 Å². The van der Waals surface area contributed by atoms with Gasteiger partial charge in [0.1, 0.15) is 0 Å². The Morgan fingerprint density at radius 3 is 3.06 bits per heavy atom. The van der Waals surface area contributed by atoms with Crippen molar-refractivity contribution in [3.05, 3.63) is 29.8 Å². The summed E-state index contributed by atoms with van der Waals surface area (Å²) in [5.74, 6) is 0. The van der Waals surface area contributed by atoms with E-state index >= 15 is 0 Å². The number of rotatable bonds is 4. The summed E-state index contributed by atoms with van der Waals surface area (Å²) in [5, 5.41) is 15.2. The summed E-state index contributed by atoms with van der Waals surface area (Å²) in [5.41, 5.74) is 1.40. The molecule has 0 aliphatic heterocycles. The number of nitrogens with one attached hydrogen (secondary N) is 2. The predicted molar refractivity (Wildman–Crippen MR) is 67.3 cm³/mol. The third-order valence-corrected chi connectivity index (χ3v) is 2.09. The van der Waals surface area contributed by atoms with Gasteiger partial charge in [-0.25, -0.2) is 0 Å². The SMILES string of the molecule is COCCNC(=S)Nc1cccc(C#N)c1. The maximum Gasteiger partial charge on any atom is 0.170 e. The van der Waals surface area contributed by atoms with Crippen LogP contribution in [0.4, 0.5) is 5.69 Å². The fourth-order valence-electron chi connectivity index (χ4n) is 1.11. The summed E-state index contributed by atoms with van der Waals surface area (Å²) in [6.07, 6.45) is 0. The van der Waals surface area contributed by atoms with Crippen LogP contribution in [0.1, 0.15) is 5.56 Å². The zero-order valence-corrected chi connectivity index (χ0v) is 9.80. The quantitative estimate of drug-likeness (QED) is 0.611. The highest BCUT2D eigenvalue weighted by molar-refractivity contribution is 7.80. The molecule has 0 atom stereocenters. The highest BCUT2D eigenvalue weighted by atomic mass is 32.1. The number of methoxy groups -OCH3 is 1. The van der Waals surface area contributed by atoms with Crippen LogP contribution in [0.2, 0.25) is 0 Å². The molecule has 0 radical (unpaired) electrons. The minimum Gasteiger partial charge on any atom is -0.383 e. The molecule has 0 amide bonds. The summed E-state index contributed by atoms with van der Waals surface area (Å²) in [7, 11) is 1.63. The maximum atomic E-state index is 8.73. The average molecular weight is 235 g/mol. The number of anilines is 1. The van der Waals surface area contributed by atoms with E-state index in [9.17, 15) is 0 Å². The molecule has 0 aliphatic rings. The molecule has 0 fully saturated rings. The van der Waals surface area contributed by atoms with Gasteiger partial charge in [0.25, 0.3) is 0 Å². The molecule has 0 bridgehead atoms. The first-order valence-corrected chi connectivity index (χ1v) is 5.21. The van der Waals surface area contributed by atoms with Crippen LogP contribution in [-0.4, -0.2) is 25.4 Å². The lowest BCUT2D eigenvalue weighted by molar-refractivity contribution is 0.204. The van der Waals surface area contributed by atoms with Gasteiger partial charge in [0, 0.05) is 19.3 Å². The van der Waals surface area contributed by atoms with E-state index in [0.717, 1.165) is 5.69 Å². The lowest BCUT2D eigenvalue weighted by Crippen LogP contribution is -2.31. The van der Waals surface area contributed by atoms with E-state index in [-0.39, 0.29) is 0 Å². The van der Waals surface area contributed by atoms with E-state index in [1.54, 1.807) is 25.3 Å². The van der Waals surface area contributed by atoms with E-state index in [1.807, 2.05) is 6.07 Å². The Balaban J connectivity index is 2.47. The van der Waals surface area contributed by atoms with Gasteiger partial charge in [0.2, 0.25) is 0 Å². The minimum atomic E-state index is 0.520. The Kier molecular flexibility index (Phi) is 5.26. The van der Waals surface area contributed by atoms with Crippen LogP contribution in [0.15, 0.2) is 24.3 Å². The van der Waals surface area contributed by atoms with Gasteiger partial charge < -0.3 is 15.4 Å². The molecule has 0 saturated carbocycles. The van der Waals surface area contributed by atoms with Crippen LogP contribution in [0.3, 0.4) is 0 Å². The monoisotopic (exact) mass is 235 g/mol. The minimum absolute atomic E-state index is 0.520. The summed E-state index contributed by atoms with van der Waals surface area (Å²) in [6.45, 7) is 1.25. The highest BCUT2D eigenvalue weighted by Gasteiger charge is 1.97. The molecule has 4 nitrogen and oxygen atoms in total. The molecule has 2 N–H and O–H groups in total. The lowest BCUT2D eigenvalue weighted by atomic mass is 10.2. The van der Waals surface area contributed by atoms with E-state index in [2.05, 4.69) is 16.7 Å². The number of nitriles is 1. The number of hydrogen-bond acceptors (Lipinski definition) is 3. The van der Waals surface area contributed by atoms with Gasteiger partial charge in [-0.2, -0.15) is 5.26 Å². The van der Waals surface area contributed by atoms with Gasteiger partial charge in [0.05, 0.1) is 18.2 Å². The van der Waals surface area contributed by atoms with Crippen molar-refractivity contribution in [3.8, 4) is 6.07 Å². The van der Waals surface area contributed by atoms with Crippen molar-refractivity contribution in [2.24, 2.45) is 0 Å². The molecule has 1 rings (SSSR count). The molecule has 0 unspecified atom stereocenters. The molecule has 0 saturated heterocycles. The number of hydrogen-bond donors (Lipinski definition) is 2. The van der Waals surface area contributed by atoms with Crippen LogP contribution >= 0.6 is 12.2 Å². The third kappa shape index (κ3) is 4.26. The van der Waals surface area contributed by atoms with Gasteiger partial charge in [-0.3, -0.25) is 0 Å². The number of nitrogens with zero attached hydrogens (tertiary/aromatic N) is 1. The molecule has 16 heavy (non-hydrogen) atoms. The Hall–Kier alpha value is -1.64. The molecule has 0 aliphatic carbocycles. The Bertz CT molecular complexity index is 400. The zero-order chi connectivity index (χ0) is 11.8. The summed E-state index contributed by atoms with van der Waals surface area (Å²) in [6, 6.07) is 9.21. The first kappa shape index (κ1) is 12.4. The molecule has 84 valence electrons. The van der Waals surface area contributed by atoms with Crippen LogP contribution in [0.5, 0.6) is 0 Å². The summed E-state index contributed by atoms with van der Waals surface area (Å²) in [4.78, 5) is 0. The molecule has 0 aromatic heterocycles. The van der Waals surface area contributed by atoms with Crippen molar-refractivity contribution in [1.82, 2.24) is 5.32 Å². The maximum absolute atomic E-state index is 8.73. The second kappa shape index (κ2) is 6.77. The van der Waals surface area contributed by atoms with Crippen LogP contribution in [0, 0.1) is 11.3 Å². The van der Waals surface area contributed by atoms with Crippen molar-refractivity contribution in [2.45, 2.75) is 0 Å². The standard InChI is InChI=1S/C11H13N3OS/c1-15-6-5-13-11(16)14-10-4-2-3-9(7-10)8-12/h2-4,7H,5-6H2,1H3,(H2,13,14,16). The Morgan fingerprint density at radius 2 is 2.38 bits per heavy atom. The van der Waals surface area contributed by atoms with Crippen molar-refractivity contribution in [1.29, 1.82) is 5.26 Å². The topological polar surface area (TPSA) is 57.1 Å². The van der Waals surface area contributed by atoms with E-state index in [0.29, 0.717) is 23.8 Å². The van der Waals surface area contributed by atoms with E-state index < -0.39 is 0 Å². The molecule has 5 heteroatoms. The van der Waals surface area contributed by atoms with E-state index in [1.165, 1.54) is 0 Å². The summed E-state index contributed by atoms with van der Waals surface area (Å²) < 4.78 is 4.89. The van der Waals surface area contributed by atoms with Crippen LogP contribution < -0.4 is 10.6 Å². The van der Waals surface area contributed by atoms with E-state index in [4.69, 9.17) is 22.2 Å². The molecular weight excluding hydrogens is 222 g/mol. The molecule has 1 aromatic carbocycles. The average Bonchev–Trinajstić information content (AvgIpc) is 2.29. The van der Waals surface area contributed by atoms with Crippen molar-refractivity contribution < 1.29 is 4.74 Å². The second-order valence-corrected chi connectivity index (χ2v) is 3.47. The third-order valence-electron chi connectivity index (χ3n) is 1.84. The van der Waals surface area contributed by atoms with Crippen molar-refractivity contribution >= 4 is 23.0 Å². The van der Waals surface area contributed by atoms with Gasteiger partial charge in [-0.05, 0) is 30.4 Å². The Labute approximate surface area is 100 Å². The number of thiocarbonyl (C=S) groups is 1. The first-order chi connectivity index (χ1) is 7.76. The van der Waals surface area contributed by atoms with Gasteiger partial charge in [0.15, 0.2) is 5.11 Å². The highest BCUT2D eigenvalue weighted by Crippen LogP contribution is 2.09. The van der Waals surface area contributed by atoms with Crippen LogP contribution in [0.25, 0.3) is 0 Å². The normalized spacial score (nSPS) is 9.25. The number of benzene rings is 1. The molecular formula is C11H13N3OS. The zero-order valence-electron chi connectivity index (χ0n) is 8.99. The lowest BCUT2D eigenvalue weighted by Gasteiger charge is -2.09. The summed E-state index contributed by atoms with van der Waals surface area (Å²) >= 11 is 5.07. The smallest absolute Gasteiger partial charge is 0.170 e. The van der Waals surface area contributed by atoms with Crippen LogP contribution in [-0.2, 0) is 4.74 Å². The van der Waals surface area contributed by atoms with Gasteiger partial charge in [-0.15, -0.1) is 0 Å². The second-order valence-electron chi connectivity index (χ2n) is 3.07. The molecule has 0 spiro atoms. The Morgan fingerprint density at radius 1 is 1.56 bits per heavy atom. The van der Waals surface area contributed by atoms with Gasteiger partial charge in [-0.1, -0.05) is 6.07 Å². The molecule has 1 aromatic rings. The van der Waals surface area contributed by atoms with Gasteiger partial charge >= 0.3 is 0 Å². The largest absolute Gasteiger partial charge is 0.383 e. The molecule has 0 heterocycles. The number of ether oxygens (including phenoxy) is 1. The fraction of sp³-hybridized carbons (Fsp3) is 0.273.